The largest absolute Gasteiger partial charge is 0.508 e. The van der Waals surface area contributed by atoms with Gasteiger partial charge in [0.05, 0.1) is 6.33 Å². The maximum Gasteiger partial charge on any atom is 0.274 e. The normalized spacial score (nSPS) is 10.1. The number of nitrogen functional groups attached to an aromatic ring is 1. The topological polar surface area (TPSA) is 92.0 Å². The van der Waals surface area contributed by atoms with Gasteiger partial charge in [-0.2, -0.15) is 0 Å². The standard InChI is InChI=1S/C10H9N3O2/c11-8-9(12-5-13-10(8)15)6-1-3-7(14)4-2-6/h1-5,14H,11H2,(H,12,13,15). The number of anilines is 1. The fraction of sp³-hybridized carbons (Fsp3) is 0. The molecule has 0 spiro atoms. The number of nitrogens with one attached hydrogen (secondary N) is 1. The van der Waals surface area contributed by atoms with Crippen LogP contribution in [0.4, 0.5) is 5.69 Å². The van der Waals surface area contributed by atoms with Crippen molar-refractivity contribution in [2.24, 2.45) is 0 Å². The summed E-state index contributed by atoms with van der Waals surface area (Å²) >= 11 is 0. The van der Waals surface area contributed by atoms with Crippen molar-refractivity contribution < 1.29 is 5.11 Å². The Labute approximate surface area is 85.2 Å². The van der Waals surface area contributed by atoms with Crippen LogP contribution >= 0.6 is 0 Å². The SMILES string of the molecule is Nc1c(-c2ccc(O)cc2)nc[nH]c1=O. The first-order valence-electron chi connectivity index (χ1n) is 4.31. The number of rotatable bonds is 1. The third kappa shape index (κ3) is 1.67. The summed E-state index contributed by atoms with van der Waals surface area (Å²) in [5, 5.41) is 9.11. The zero-order valence-corrected chi connectivity index (χ0v) is 7.77. The molecule has 0 unspecified atom stereocenters. The Kier molecular flexibility index (Phi) is 2.13. The third-order valence-corrected chi connectivity index (χ3v) is 2.03. The van der Waals surface area contributed by atoms with E-state index in [2.05, 4.69) is 9.97 Å². The molecule has 5 nitrogen and oxygen atoms in total. The molecule has 4 N–H and O–H groups in total. The van der Waals surface area contributed by atoms with Crippen LogP contribution in [0.25, 0.3) is 11.3 Å². The summed E-state index contributed by atoms with van der Waals surface area (Å²) in [7, 11) is 0. The van der Waals surface area contributed by atoms with Gasteiger partial charge in [0.25, 0.3) is 5.56 Å². The summed E-state index contributed by atoms with van der Waals surface area (Å²) in [5.41, 5.74) is 6.40. The van der Waals surface area contributed by atoms with E-state index in [1.807, 2.05) is 0 Å². The van der Waals surface area contributed by atoms with E-state index in [9.17, 15) is 4.79 Å². The lowest BCUT2D eigenvalue weighted by Gasteiger charge is -2.02. The zero-order chi connectivity index (χ0) is 10.8. The average Bonchev–Trinajstić information content (AvgIpc) is 2.24. The lowest BCUT2D eigenvalue weighted by atomic mass is 10.1. The van der Waals surface area contributed by atoms with Crippen molar-refractivity contribution in [1.29, 1.82) is 0 Å². The third-order valence-electron chi connectivity index (χ3n) is 2.03. The molecule has 0 aliphatic rings. The number of hydrogen-bond acceptors (Lipinski definition) is 4. The Morgan fingerprint density at radius 2 is 1.93 bits per heavy atom. The van der Waals surface area contributed by atoms with Gasteiger partial charge in [-0.25, -0.2) is 4.98 Å². The quantitative estimate of drug-likeness (QED) is 0.636. The van der Waals surface area contributed by atoms with Crippen LogP contribution in [0.2, 0.25) is 0 Å². The van der Waals surface area contributed by atoms with E-state index in [1.165, 1.54) is 18.5 Å². The summed E-state index contributed by atoms with van der Waals surface area (Å²) in [6.07, 6.45) is 1.29. The second-order valence-corrected chi connectivity index (χ2v) is 3.04. The Hall–Kier alpha value is -2.30. The second kappa shape index (κ2) is 3.45. The molecule has 0 aliphatic carbocycles. The average molecular weight is 203 g/mol. The van der Waals surface area contributed by atoms with Crippen molar-refractivity contribution in [3.05, 3.63) is 40.9 Å². The highest BCUT2D eigenvalue weighted by Gasteiger charge is 2.06. The van der Waals surface area contributed by atoms with Crippen molar-refractivity contribution >= 4 is 5.69 Å². The molecule has 0 amide bonds. The highest BCUT2D eigenvalue weighted by Crippen LogP contribution is 2.21. The number of aromatic hydroxyl groups is 1. The number of phenolic OH excluding ortho intramolecular Hbond substituents is 1. The molecule has 5 heteroatoms. The highest BCUT2D eigenvalue weighted by atomic mass is 16.3. The summed E-state index contributed by atoms with van der Waals surface area (Å²) < 4.78 is 0. The van der Waals surface area contributed by atoms with Crippen LogP contribution < -0.4 is 11.3 Å². The molecule has 15 heavy (non-hydrogen) atoms. The number of benzene rings is 1. The van der Waals surface area contributed by atoms with Crippen LogP contribution in [0.3, 0.4) is 0 Å². The Morgan fingerprint density at radius 1 is 1.27 bits per heavy atom. The predicted octanol–water partition coefficient (Wildman–Crippen LogP) is 0.725. The molecule has 0 bridgehead atoms. The molecule has 1 aromatic heterocycles. The number of aromatic amines is 1. The molecule has 76 valence electrons. The van der Waals surface area contributed by atoms with E-state index in [4.69, 9.17) is 10.8 Å². The Morgan fingerprint density at radius 3 is 2.60 bits per heavy atom. The van der Waals surface area contributed by atoms with Gasteiger partial charge in [-0.3, -0.25) is 4.79 Å². The maximum atomic E-state index is 11.2. The van der Waals surface area contributed by atoms with Crippen LogP contribution in [0.15, 0.2) is 35.4 Å². The van der Waals surface area contributed by atoms with Gasteiger partial charge >= 0.3 is 0 Å². The first-order valence-corrected chi connectivity index (χ1v) is 4.31. The van der Waals surface area contributed by atoms with Crippen molar-refractivity contribution in [2.45, 2.75) is 0 Å². The van der Waals surface area contributed by atoms with Gasteiger partial charge in [-0.05, 0) is 24.3 Å². The predicted molar refractivity (Wildman–Crippen MR) is 56.4 cm³/mol. The molecule has 2 aromatic rings. The van der Waals surface area contributed by atoms with E-state index < -0.39 is 0 Å². The molecular weight excluding hydrogens is 194 g/mol. The van der Waals surface area contributed by atoms with Crippen molar-refractivity contribution in [3.8, 4) is 17.0 Å². The number of hydrogen-bond donors (Lipinski definition) is 3. The minimum Gasteiger partial charge on any atom is -0.508 e. The molecular formula is C10H9N3O2. The maximum absolute atomic E-state index is 11.2. The van der Waals surface area contributed by atoms with E-state index in [1.54, 1.807) is 12.1 Å². The molecule has 2 rings (SSSR count). The zero-order valence-electron chi connectivity index (χ0n) is 7.77. The molecule has 0 saturated heterocycles. The van der Waals surface area contributed by atoms with Gasteiger partial charge in [0, 0.05) is 5.56 Å². The second-order valence-electron chi connectivity index (χ2n) is 3.04. The van der Waals surface area contributed by atoms with Crippen molar-refractivity contribution in [2.75, 3.05) is 5.73 Å². The van der Waals surface area contributed by atoms with Crippen LogP contribution in [0.1, 0.15) is 0 Å². The van der Waals surface area contributed by atoms with E-state index in [0.717, 1.165) is 0 Å². The molecule has 0 aliphatic heterocycles. The Balaban J connectivity index is 2.59. The minimum atomic E-state index is -0.368. The van der Waals surface area contributed by atoms with Crippen molar-refractivity contribution in [3.63, 3.8) is 0 Å². The minimum absolute atomic E-state index is 0.0724. The van der Waals surface area contributed by atoms with Gasteiger partial charge in [0.1, 0.15) is 17.1 Å². The molecule has 0 fully saturated rings. The van der Waals surface area contributed by atoms with Crippen LogP contribution in [0, 0.1) is 0 Å². The van der Waals surface area contributed by atoms with Gasteiger partial charge in [-0.1, -0.05) is 0 Å². The Bertz CT molecular complexity index is 531. The molecule has 0 atom stereocenters. The lowest BCUT2D eigenvalue weighted by molar-refractivity contribution is 0.475. The van der Waals surface area contributed by atoms with E-state index in [-0.39, 0.29) is 17.0 Å². The smallest absolute Gasteiger partial charge is 0.274 e. The van der Waals surface area contributed by atoms with Gasteiger partial charge < -0.3 is 15.8 Å². The summed E-state index contributed by atoms with van der Waals surface area (Å²) in [6.45, 7) is 0. The number of nitrogens with zero attached hydrogens (tertiary/aromatic N) is 1. The van der Waals surface area contributed by atoms with Gasteiger partial charge in [0.2, 0.25) is 0 Å². The van der Waals surface area contributed by atoms with E-state index >= 15 is 0 Å². The fourth-order valence-corrected chi connectivity index (χ4v) is 1.26. The monoisotopic (exact) mass is 203 g/mol. The van der Waals surface area contributed by atoms with Crippen molar-refractivity contribution in [1.82, 2.24) is 9.97 Å². The summed E-state index contributed by atoms with van der Waals surface area (Å²) in [6, 6.07) is 6.32. The first kappa shape index (κ1) is 9.26. The fourth-order valence-electron chi connectivity index (χ4n) is 1.26. The molecule has 0 saturated carbocycles. The highest BCUT2D eigenvalue weighted by molar-refractivity contribution is 5.71. The van der Waals surface area contributed by atoms with Crippen LogP contribution in [0.5, 0.6) is 5.75 Å². The summed E-state index contributed by atoms with van der Waals surface area (Å²) in [4.78, 5) is 17.6. The molecule has 1 heterocycles. The summed E-state index contributed by atoms with van der Waals surface area (Å²) in [5.74, 6) is 0.155. The lowest BCUT2D eigenvalue weighted by Crippen LogP contribution is -2.13. The van der Waals surface area contributed by atoms with Crippen LogP contribution in [-0.4, -0.2) is 15.1 Å². The van der Waals surface area contributed by atoms with E-state index in [0.29, 0.717) is 11.3 Å². The first-order chi connectivity index (χ1) is 7.18. The number of aromatic nitrogens is 2. The number of phenols is 1. The van der Waals surface area contributed by atoms with Gasteiger partial charge in [0.15, 0.2) is 0 Å². The molecule has 1 aromatic carbocycles. The van der Waals surface area contributed by atoms with Gasteiger partial charge in [-0.15, -0.1) is 0 Å². The number of nitrogens with two attached hydrogens (primary N) is 1. The number of H-pyrrole nitrogens is 1. The van der Waals surface area contributed by atoms with Crippen LogP contribution in [-0.2, 0) is 0 Å². The molecule has 0 radical (unpaired) electrons.